The lowest BCUT2D eigenvalue weighted by Gasteiger charge is -2.48. The van der Waals surface area contributed by atoms with Crippen LogP contribution in [0.25, 0.3) is 0 Å². The van der Waals surface area contributed by atoms with Crippen molar-refractivity contribution < 1.29 is 62.6 Å². The van der Waals surface area contributed by atoms with Crippen LogP contribution in [0.5, 0.6) is 0 Å². The number of nitrogens with zero attached hydrogens (tertiary/aromatic N) is 4. The molecule has 5 fully saturated rings. The van der Waals surface area contributed by atoms with E-state index in [4.69, 9.17) is 33.4 Å². The highest BCUT2D eigenvalue weighted by molar-refractivity contribution is 5.95. The van der Waals surface area contributed by atoms with Crippen LogP contribution in [0.2, 0.25) is 0 Å². The Labute approximate surface area is 444 Å². The van der Waals surface area contributed by atoms with Crippen molar-refractivity contribution in [1.82, 2.24) is 30.7 Å². The summed E-state index contributed by atoms with van der Waals surface area (Å²) in [4.78, 5) is 82.0. The SMILES string of the molecule is CC[C@H](C)[C@@H]1NC(=O)[C@H](C)[C@@H](O[C@H]2C[C@@](C)(OC)[C@@H](O)[C@H](C)O2)[C@H](C)[C@@H](O[C@@H]2O[C@H](C)C[C@H]3[C@H]2OC(=NC(C)C)N3C)[C@](C)(O)C[C@@H](C)CN(C)C(=O)[C@@H]2CCCN2C(=O)[C@H](Cc2ccccc2)NC(=O)CNC1=O. The first-order chi connectivity index (χ1) is 35.3. The average Bonchev–Trinajstić information content (AvgIpc) is 3.97. The van der Waals surface area contributed by atoms with Crippen LogP contribution in [0.4, 0.5) is 0 Å². The summed E-state index contributed by atoms with van der Waals surface area (Å²) in [6, 6.07) is 6.49. The minimum Gasteiger partial charge on any atom is -0.454 e. The summed E-state index contributed by atoms with van der Waals surface area (Å²) in [5.74, 6) is -5.15. The highest BCUT2D eigenvalue weighted by Crippen LogP contribution is 2.41. The number of rotatable bonds is 10. The van der Waals surface area contributed by atoms with Gasteiger partial charge in [0.2, 0.25) is 29.5 Å². The van der Waals surface area contributed by atoms with Gasteiger partial charge in [0.25, 0.3) is 6.02 Å². The van der Waals surface area contributed by atoms with Crippen molar-refractivity contribution in [2.45, 2.75) is 212 Å². The fraction of sp³-hybridized carbons (Fsp3) is 0.782. The highest BCUT2D eigenvalue weighted by atomic mass is 16.7. The van der Waals surface area contributed by atoms with Crippen LogP contribution in [0.3, 0.4) is 0 Å². The van der Waals surface area contributed by atoms with Crippen molar-refractivity contribution in [3.8, 4) is 0 Å². The molecule has 0 aliphatic carbocycles. The lowest BCUT2D eigenvalue weighted by molar-refractivity contribution is -0.313. The Morgan fingerprint density at radius 2 is 1.61 bits per heavy atom. The van der Waals surface area contributed by atoms with Crippen molar-refractivity contribution >= 4 is 35.6 Å². The number of nitrogens with one attached hydrogen (secondary N) is 3. The first-order valence-corrected chi connectivity index (χ1v) is 27.3. The van der Waals surface area contributed by atoms with E-state index in [0.717, 1.165) is 5.56 Å². The molecule has 0 bridgehead atoms. The van der Waals surface area contributed by atoms with E-state index in [0.29, 0.717) is 38.2 Å². The van der Waals surface area contributed by atoms with Crippen molar-refractivity contribution in [2.75, 3.05) is 40.8 Å². The van der Waals surface area contributed by atoms with Crippen LogP contribution in [0.15, 0.2) is 35.3 Å². The maximum atomic E-state index is 15.0. The van der Waals surface area contributed by atoms with Gasteiger partial charge in [-0.3, -0.25) is 24.0 Å². The first-order valence-electron chi connectivity index (χ1n) is 27.3. The minimum absolute atomic E-state index is 0.0623. The fourth-order valence-corrected chi connectivity index (χ4v) is 11.8. The smallest absolute Gasteiger partial charge is 0.288 e. The second kappa shape index (κ2) is 25.4. The molecular weight excluding hydrogens is 967 g/mol. The molecule has 0 unspecified atom stereocenters. The Bertz CT molecular complexity index is 2150. The number of carbonyl (C=O) groups excluding carboxylic acids is 5. The molecule has 0 spiro atoms. The molecule has 0 saturated carbocycles. The molecule has 5 aliphatic rings. The topological polar surface area (TPSA) is 239 Å². The summed E-state index contributed by atoms with van der Waals surface area (Å²) < 4.78 is 39.4. The van der Waals surface area contributed by atoms with Gasteiger partial charge in [-0.05, 0) is 84.6 Å². The number of amidine groups is 1. The van der Waals surface area contributed by atoms with E-state index in [1.165, 1.54) is 7.11 Å². The molecule has 20 heteroatoms. The number of aliphatic imine (C=N–C) groups is 1. The monoisotopic (exact) mass is 1060 g/mol. The van der Waals surface area contributed by atoms with Gasteiger partial charge < -0.3 is 69.3 Å². The van der Waals surface area contributed by atoms with Gasteiger partial charge in [-0.25, -0.2) is 4.99 Å². The maximum Gasteiger partial charge on any atom is 0.288 e. The molecule has 5 saturated heterocycles. The number of aliphatic hydroxyl groups excluding tert-OH is 1. The third-order valence-electron chi connectivity index (χ3n) is 16.3. The summed E-state index contributed by atoms with van der Waals surface area (Å²) in [5, 5.41) is 32.9. The van der Waals surface area contributed by atoms with E-state index in [1.54, 1.807) is 44.5 Å². The fourth-order valence-electron chi connectivity index (χ4n) is 11.8. The summed E-state index contributed by atoms with van der Waals surface area (Å²) in [7, 11) is 5.11. The molecule has 75 heavy (non-hydrogen) atoms. The summed E-state index contributed by atoms with van der Waals surface area (Å²) in [6.45, 7) is 20.2. The zero-order chi connectivity index (χ0) is 55.3. The number of hydrogen-bond acceptors (Lipinski definition) is 14. The molecule has 1 aromatic rings. The van der Waals surface area contributed by atoms with E-state index < -0.39 is 120 Å². The molecule has 0 aromatic heterocycles. The van der Waals surface area contributed by atoms with Gasteiger partial charge in [0, 0.05) is 59.1 Å². The molecule has 20 nitrogen and oxygen atoms in total. The minimum atomic E-state index is -1.72. The van der Waals surface area contributed by atoms with E-state index in [2.05, 4.69) is 16.0 Å². The predicted molar refractivity (Wildman–Crippen MR) is 280 cm³/mol. The second-order valence-electron chi connectivity index (χ2n) is 23.0. The number of carbonyl (C=O) groups is 5. The van der Waals surface area contributed by atoms with Crippen LogP contribution in [0, 0.1) is 23.7 Å². The summed E-state index contributed by atoms with van der Waals surface area (Å²) in [6.07, 6.45) is -4.60. The normalized spacial score (nSPS) is 39.2. The van der Waals surface area contributed by atoms with E-state index in [-0.39, 0.29) is 55.8 Å². The number of fused-ring (bicyclic) bond motifs is 2. The number of hydrogen-bond donors (Lipinski definition) is 5. The van der Waals surface area contributed by atoms with E-state index in [1.807, 2.05) is 90.7 Å². The van der Waals surface area contributed by atoms with Gasteiger partial charge in [0.05, 0.1) is 54.1 Å². The lowest BCUT2D eigenvalue weighted by Crippen LogP contribution is -2.61. The van der Waals surface area contributed by atoms with Crippen molar-refractivity contribution in [1.29, 1.82) is 0 Å². The van der Waals surface area contributed by atoms with Crippen molar-refractivity contribution in [3.63, 3.8) is 0 Å². The number of likely N-dealkylation sites (N-methyl/N-ethyl adjacent to an activating group) is 2. The van der Waals surface area contributed by atoms with Gasteiger partial charge in [-0.15, -0.1) is 0 Å². The van der Waals surface area contributed by atoms with Crippen molar-refractivity contribution in [2.24, 2.45) is 28.7 Å². The molecule has 422 valence electrons. The molecule has 5 heterocycles. The Kier molecular flexibility index (Phi) is 20.2. The lowest BCUT2D eigenvalue weighted by atomic mass is 9.77. The molecule has 0 radical (unpaired) electrons. The molecular formula is C55H89N7O13. The largest absolute Gasteiger partial charge is 0.454 e. The van der Waals surface area contributed by atoms with Gasteiger partial charge in [-0.2, -0.15) is 0 Å². The third kappa shape index (κ3) is 14.2. The Hall–Kier alpha value is -4.44. The molecule has 5 amide bonds. The molecule has 5 aliphatic heterocycles. The Morgan fingerprint density at radius 1 is 0.920 bits per heavy atom. The summed E-state index contributed by atoms with van der Waals surface area (Å²) >= 11 is 0. The third-order valence-corrected chi connectivity index (χ3v) is 16.3. The maximum absolute atomic E-state index is 15.0. The number of ether oxygens (including phenoxy) is 6. The van der Waals surface area contributed by atoms with Crippen molar-refractivity contribution in [3.05, 3.63) is 35.9 Å². The standard InChI is InChI=1S/C55H89N7O13/c1-15-32(5)43-49(66)56-28-41(63)58-38(25-37-20-17-16-18-21-37)50(67)62-23-19-22-39(62)51(68)60(12)29-31(4)26-54(10,69)47(75-52-45-40(24-33(6)71-52)61(13)53(74-45)57-30(2)3)34(7)44(35(8)48(65)59-43)73-42-27-55(11,70-14)46(64)36(9)72-42/h16-18,20-21,30-36,38-40,42-47,52,64,69H,15,19,22-29H2,1-14H3,(H,56,66)(H,58,63)(H,59,65)/t31-,32+,33-,34+,35-,36+,38+,39+,40+,42+,43+,44+,45-,46+,47-,52+,54-,55-/m1/s1. The second-order valence-corrected chi connectivity index (χ2v) is 23.0. The van der Waals surface area contributed by atoms with Crippen LogP contribution in [-0.2, 0) is 58.8 Å². The van der Waals surface area contributed by atoms with Gasteiger partial charge in [0.1, 0.15) is 24.2 Å². The Morgan fingerprint density at radius 3 is 2.27 bits per heavy atom. The number of aliphatic hydroxyl groups is 2. The number of methoxy groups -OCH3 is 1. The summed E-state index contributed by atoms with van der Waals surface area (Å²) in [5.41, 5.74) is -2.02. The number of amides is 5. The Balaban J connectivity index is 1.43. The van der Waals surface area contributed by atoms with Crippen LogP contribution >= 0.6 is 0 Å². The van der Waals surface area contributed by atoms with Gasteiger partial charge >= 0.3 is 0 Å². The zero-order valence-electron chi connectivity index (χ0n) is 46.9. The van der Waals surface area contributed by atoms with Crippen LogP contribution in [0.1, 0.15) is 120 Å². The zero-order valence-corrected chi connectivity index (χ0v) is 46.9. The average molecular weight is 1060 g/mol. The van der Waals surface area contributed by atoms with Crippen LogP contribution < -0.4 is 16.0 Å². The van der Waals surface area contributed by atoms with Gasteiger partial charge in [-0.1, -0.05) is 71.4 Å². The van der Waals surface area contributed by atoms with E-state index in [9.17, 15) is 34.2 Å². The first kappa shape index (κ1) is 59.8. The quantitative estimate of drug-likeness (QED) is 0.227. The molecule has 5 N–H and O–H groups in total. The van der Waals surface area contributed by atoms with E-state index >= 15 is 0 Å². The van der Waals surface area contributed by atoms with Gasteiger partial charge in [0.15, 0.2) is 18.7 Å². The van der Waals surface area contributed by atoms with Crippen LogP contribution in [-0.4, -0.2) is 192 Å². The molecule has 6 rings (SSSR count). The number of benzene rings is 1. The molecule has 1 aromatic carbocycles. The molecule has 18 atom stereocenters. The highest BCUT2D eigenvalue weighted by Gasteiger charge is 2.54. The predicted octanol–water partition coefficient (Wildman–Crippen LogP) is 3.14.